The van der Waals surface area contributed by atoms with Gasteiger partial charge in [0.1, 0.15) is 11.6 Å². The topological polar surface area (TPSA) is 64.7 Å². The zero-order valence-corrected chi connectivity index (χ0v) is 29.6. The summed E-state index contributed by atoms with van der Waals surface area (Å²) in [4.78, 5) is 1.77. The number of aliphatic hydroxyl groups excluding tert-OH is 1. The third kappa shape index (κ3) is 6.25. The summed E-state index contributed by atoms with van der Waals surface area (Å²) in [5, 5.41) is 15.5. The van der Waals surface area contributed by atoms with Crippen LogP contribution in [0.25, 0.3) is 27.8 Å². The molecule has 7 rings (SSSR count). The summed E-state index contributed by atoms with van der Waals surface area (Å²) in [5.41, 5.74) is 1.69. The van der Waals surface area contributed by atoms with Gasteiger partial charge in [-0.3, -0.25) is 4.90 Å². The average molecular weight is 743 g/mol. The van der Waals surface area contributed by atoms with Crippen LogP contribution in [0.3, 0.4) is 0 Å². The van der Waals surface area contributed by atoms with E-state index in [9.17, 15) is 31.4 Å². The number of alkyl halides is 6. The maximum atomic E-state index is 15.8. The number of hydrogen-bond donors (Lipinski definition) is 1. The summed E-state index contributed by atoms with van der Waals surface area (Å²) in [5.74, 6) is 0.175. The van der Waals surface area contributed by atoms with Crippen molar-refractivity contribution in [2.24, 2.45) is 0 Å². The van der Waals surface area contributed by atoms with Gasteiger partial charge in [-0.05, 0) is 80.6 Å². The average Bonchev–Trinajstić information content (AvgIpc) is 3.83. The molecule has 0 saturated carbocycles. The van der Waals surface area contributed by atoms with Crippen molar-refractivity contribution in [3.63, 3.8) is 0 Å². The maximum absolute atomic E-state index is 15.8. The van der Waals surface area contributed by atoms with Crippen molar-refractivity contribution in [3.8, 4) is 16.9 Å². The van der Waals surface area contributed by atoms with Crippen molar-refractivity contribution in [1.29, 1.82) is 0 Å². The van der Waals surface area contributed by atoms with Crippen molar-refractivity contribution in [2.45, 2.75) is 91.5 Å². The molecule has 1 atom stereocenters. The molecule has 0 fully saturated rings. The number of ether oxygens (including phenoxy) is 2. The van der Waals surface area contributed by atoms with E-state index >= 15 is 4.39 Å². The molecule has 0 amide bonds. The van der Waals surface area contributed by atoms with E-state index in [-0.39, 0.29) is 36.8 Å². The molecular weight excluding hydrogens is 705 g/mol. The van der Waals surface area contributed by atoms with Gasteiger partial charge in [0, 0.05) is 35.8 Å². The Morgan fingerprint density at radius 1 is 0.887 bits per heavy atom. The van der Waals surface area contributed by atoms with Crippen LogP contribution in [0.15, 0.2) is 72.3 Å². The highest BCUT2D eigenvalue weighted by Gasteiger charge is 2.45. The predicted molar refractivity (Wildman–Crippen MR) is 183 cm³/mol. The Labute approximate surface area is 300 Å². The molecule has 5 aromatic rings. The van der Waals surface area contributed by atoms with Gasteiger partial charge in [0.2, 0.25) is 0 Å². The number of halogens is 7. The first-order chi connectivity index (χ1) is 24.9. The van der Waals surface area contributed by atoms with E-state index in [0.29, 0.717) is 58.3 Å². The fourth-order valence-corrected chi connectivity index (χ4v) is 7.54. The molecule has 3 aromatic carbocycles. The molecule has 1 unspecified atom stereocenters. The number of nitrogens with zero attached hydrogens (tertiary/aromatic N) is 4. The number of aryl methyl sites for hydroxylation is 2. The lowest BCUT2D eigenvalue weighted by atomic mass is 9.96. The number of para-hydroxylation sites is 1. The summed E-state index contributed by atoms with van der Waals surface area (Å²) in [6, 6.07) is 12.5. The minimum Gasteiger partial charge on any atom is -0.434 e. The molecule has 1 N–H and O–H groups in total. The fourth-order valence-electron chi connectivity index (χ4n) is 7.54. The predicted octanol–water partition coefficient (Wildman–Crippen LogP) is 9.60. The summed E-state index contributed by atoms with van der Waals surface area (Å²) in [7, 11) is 0. The quantitative estimate of drug-likeness (QED) is 0.161. The molecule has 0 radical (unpaired) electrons. The number of allylic oxidation sites excluding steroid dienone is 2. The first-order valence-electron chi connectivity index (χ1n) is 17.2. The summed E-state index contributed by atoms with van der Waals surface area (Å²) >= 11 is 0. The Balaban J connectivity index is 1.41. The third-order valence-corrected chi connectivity index (χ3v) is 10.3. The number of benzene rings is 3. The van der Waals surface area contributed by atoms with Crippen molar-refractivity contribution >= 4 is 10.9 Å². The molecule has 53 heavy (non-hydrogen) atoms. The SMILES string of the molecule is CCc1cccc(CC)c1-n1nc2c(c1-c1ccc(F)c3c1ccn3CC1=C(C)OC(O)O1)CN(Cc1ccc(C(F)(F)F)cc1C(F)(F)F)C2(C)C. The van der Waals surface area contributed by atoms with E-state index in [2.05, 4.69) is 0 Å². The lowest BCUT2D eigenvalue weighted by Gasteiger charge is -2.33. The van der Waals surface area contributed by atoms with E-state index in [1.165, 1.54) is 6.07 Å². The summed E-state index contributed by atoms with van der Waals surface area (Å²) in [6.45, 7) is 7.76. The third-order valence-electron chi connectivity index (χ3n) is 10.3. The van der Waals surface area contributed by atoms with E-state index in [1.54, 1.807) is 34.7 Å². The van der Waals surface area contributed by atoms with Crippen LogP contribution in [0.4, 0.5) is 30.7 Å². The molecule has 0 bridgehead atoms. The Kier molecular flexibility index (Phi) is 8.92. The van der Waals surface area contributed by atoms with E-state index in [0.717, 1.165) is 22.9 Å². The van der Waals surface area contributed by atoms with Crippen molar-refractivity contribution in [1.82, 2.24) is 19.2 Å². The van der Waals surface area contributed by atoms with Gasteiger partial charge in [-0.2, -0.15) is 31.4 Å². The van der Waals surface area contributed by atoms with Crippen LogP contribution in [0, 0.1) is 5.82 Å². The summed E-state index contributed by atoms with van der Waals surface area (Å²) in [6.07, 6.45) is -6.92. The molecule has 0 saturated heterocycles. The van der Waals surface area contributed by atoms with Crippen molar-refractivity contribution in [2.75, 3.05) is 0 Å². The van der Waals surface area contributed by atoms with Crippen LogP contribution >= 0.6 is 0 Å². The standard InChI is InChI=1S/C39H37F7N4O3/c1-6-22-9-8-10-23(7-2)32(22)50-33(26-13-14-30(40)34-27(26)15-16-48(34)20-31-21(3)52-36(51)53-31)28-19-49(37(4,5)35(28)47-50)18-24-11-12-25(38(41,42)43)17-29(24)39(44,45)46/h8-17,36,51H,6-7,18-20H2,1-5H3. The zero-order chi connectivity index (χ0) is 38.2. The minimum atomic E-state index is -5.02. The molecule has 2 aliphatic rings. The normalized spacial score (nSPS) is 17.5. The van der Waals surface area contributed by atoms with Crippen LogP contribution in [0.2, 0.25) is 0 Å². The van der Waals surface area contributed by atoms with Gasteiger partial charge in [-0.1, -0.05) is 38.1 Å². The smallest absolute Gasteiger partial charge is 0.416 e. The Morgan fingerprint density at radius 2 is 1.58 bits per heavy atom. The molecular formula is C39H37F7N4O3. The van der Waals surface area contributed by atoms with Gasteiger partial charge in [0.15, 0.2) is 5.76 Å². The maximum Gasteiger partial charge on any atom is 0.416 e. The highest BCUT2D eigenvalue weighted by molar-refractivity contribution is 5.96. The van der Waals surface area contributed by atoms with Crippen LogP contribution in [-0.2, 0) is 59.8 Å². The Hall–Kier alpha value is -4.82. The number of aromatic nitrogens is 3. The lowest BCUT2D eigenvalue weighted by Crippen LogP contribution is -2.36. The second-order valence-electron chi connectivity index (χ2n) is 13.8. The number of hydrogen-bond acceptors (Lipinski definition) is 5. The van der Waals surface area contributed by atoms with Gasteiger partial charge in [0.25, 0.3) is 0 Å². The second kappa shape index (κ2) is 12.9. The number of rotatable bonds is 8. The van der Waals surface area contributed by atoms with E-state index < -0.39 is 41.3 Å². The van der Waals surface area contributed by atoms with Crippen LogP contribution in [0.5, 0.6) is 0 Å². The van der Waals surface area contributed by atoms with Gasteiger partial charge < -0.3 is 19.1 Å². The highest BCUT2D eigenvalue weighted by atomic mass is 19.4. The van der Waals surface area contributed by atoms with Gasteiger partial charge in [-0.25, -0.2) is 9.07 Å². The lowest BCUT2D eigenvalue weighted by molar-refractivity contribution is -0.193. The van der Waals surface area contributed by atoms with Crippen LogP contribution < -0.4 is 0 Å². The molecule has 7 nitrogen and oxygen atoms in total. The molecule has 2 aliphatic heterocycles. The Bertz CT molecular complexity index is 2240. The summed E-state index contributed by atoms with van der Waals surface area (Å²) < 4.78 is 113. The van der Waals surface area contributed by atoms with E-state index in [1.807, 2.05) is 50.6 Å². The molecule has 14 heteroatoms. The fraction of sp³-hybridized carbons (Fsp3) is 0.359. The molecule has 280 valence electrons. The number of aliphatic hydroxyl groups is 1. The molecule has 0 aliphatic carbocycles. The Morgan fingerprint density at radius 3 is 2.19 bits per heavy atom. The largest absolute Gasteiger partial charge is 0.434 e. The van der Waals surface area contributed by atoms with Crippen molar-refractivity contribution in [3.05, 3.63) is 117 Å². The van der Waals surface area contributed by atoms with Crippen LogP contribution in [0.1, 0.15) is 73.7 Å². The zero-order valence-electron chi connectivity index (χ0n) is 29.6. The van der Waals surface area contributed by atoms with Crippen molar-refractivity contribution < 1.29 is 45.3 Å². The molecule has 2 aromatic heterocycles. The van der Waals surface area contributed by atoms with E-state index in [4.69, 9.17) is 14.6 Å². The number of fused-ring (bicyclic) bond motifs is 2. The van der Waals surface area contributed by atoms with Gasteiger partial charge in [-0.15, -0.1) is 0 Å². The monoisotopic (exact) mass is 742 g/mol. The molecule has 0 spiro atoms. The minimum absolute atomic E-state index is 0.0677. The van der Waals surface area contributed by atoms with Crippen LogP contribution in [-0.4, -0.2) is 30.8 Å². The van der Waals surface area contributed by atoms with Gasteiger partial charge in [0.05, 0.1) is 45.8 Å². The molecule has 4 heterocycles. The van der Waals surface area contributed by atoms with Gasteiger partial charge >= 0.3 is 18.8 Å². The first-order valence-corrected chi connectivity index (χ1v) is 17.2. The first kappa shape index (κ1) is 36.5. The second-order valence-corrected chi connectivity index (χ2v) is 13.8. The highest BCUT2D eigenvalue weighted by Crippen LogP contribution is 2.48.